The minimum Gasteiger partial charge on any atom is -0.480 e. The minimum atomic E-state index is -1.06. The Hall–Kier alpha value is -1.27. The van der Waals surface area contributed by atoms with Gasteiger partial charge < -0.3 is 15.3 Å². The number of rotatable bonds is 3. The number of urea groups is 1. The first-order valence-electron chi connectivity index (χ1n) is 5.04. The van der Waals surface area contributed by atoms with Gasteiger partial charge in [0.15, 0.2) is 0 Å². The number of hydrogen-bond acceptors (Lipinski definition) is 2. The van der Waals surface area contributed by atoms with Gasteiger partial charge >= 0.3 is 12.0 Å². The van der Waals surface area contributed by atoms with E-state index in [0.29, 0.717) is 15.2 Å². The molecule has 0 aliphatic heterocycles. The van der Waals surface area contributed by atoms with Gasteiger partial charge in [-0.15, -0.1) is 0 Å². The van der Waals surface area contributed by atoms with Gasteiger partial charge in [0.1, 0.15) is 6.04 Å². The molecule has 1 unspecified atom stereocenters. The van der Waals surface area contributed by atoms with Crippen molar-refractivity contribution in [2.45, 2.75) is 13.0 Å². The largest absolute Gasteiger partial charge is 0.480 e. The highest BCUT2D eigenvalue weighted by molar-refractivity contribution is 9.10. The molecule has 0 heterocycles. The Bertz CT molecular complexity index is 481. The number of anilines is 1. The van der Waals surface area contributed by atoms with Crippen LogP contribution in [-0.4, -0.2) is 35.1 Å². The monoisotopic (exact) mass is 334 g/mol. The second-order valence-corrected chi connectivity index (χ2v) is 4.95. The molecule has 98 valence electrons. The molecule has 2 N–H and O–H groups in total. The first kappa shape index (κ1) is 14.8. The summed E-state index contributed by atoms with van der Waals surface area (Å²) in [6.45, 7) is 1.43. The molecule has 1 rings (SSSR count). The van der Waals surface area contributed by atoms with Crippen molar-refractivity contribution in [1.29, 1.82) is 0 Å². The average molecular weight is 336 g/mol. The number of carboxylic acids is 1. The van der Waals surface area contributed by atoms with Gasteiger partial charge in [-0.1, -0.05) is 11.6 Å². The zero-order valence-electron chi connectivity index (χ0n) is 9.78. The summed E-state index contributed by atoms with van der Waals surface area (Å²) >= 11 is 9.06. The average Bonchev–Trinajstić information content (AvgIpc) is 2.31. The van der Waals surface area contributed by atoms with Gasteiger partial charge in [-0.2, -0.15) is 0 Å². The number of carboxylic acid groups (broad SMARTS) is 1. The van der Waals surface area contributed by atoms with Crippen LogP contribution in [0.3, 0.4) is 0 Å². The van der Waals surface area contributed by atoms with Gasteiger partial charge in [-0.3, -0.25) is 0 Å². The summed E-state index contributed by atoms with van der Waals surface area (Å²) in [4.78, 5) is 23.6. The van der Waals surface area contributed by atoms with Crippen molar-refractivity contribution < 1.29 is 14.7 Å². The van der Waals surface area contributed by atoms with Gasteiger partial charge in [0.2, 0.25) is 0 Å². The van der Waals surface area contributed by atoms with Crippen molar-refractivity contribution in [2.75, 3.05) is 12.4 Å². The van der Waals surface area contributed by atoms with Crippen LogP contribution in [0, 0.1) is 0 Å². The van der Waals surface area contributed by atoms with Gasteiger partial charge in [-0.25, -0.2) is 9.59 Å². The minimum absolute atomic E-state index is 0.501. The van der Waals surface area contributed by atoms with Crippen LogP contribution in [0.25, 0.3) is 0 Å². The number of hydrogen-bond donors (Lipinski definition) is 2. The molecule has 0 saturated heterocycles. The lowest BCUT2D eigenvalue weighted by Gasteiger charge is -2.21. The normalized spacial score (nSPS) is 11.8. The molecule has 0 spiro atoms. The Morgan fingerprint density at radius 2 is 2.11 bits per heavy atom. The molecule has 0 aromatic heterocycles. The number of benzene rings is 1. The molecule has 1 atom stereocenters. The van der Waals surface area contributed by atoms with Crippen LogP contribution in [0.5, 0.6) is 0 Å². The lowest BCUT2D eigenvalue weighted by molar-refractivity contribution is -0.141. The number of amides is 2. The molecule has 18 heavy (non-hydrogen) atoms. The quantitative estimate of drug-likeness (QED) is 0.892. The van der Waals surface area contributed by atoms with E-state index in [1.165, 1.54) is 14.0 Å². The van der Waals surface area contributed by atoms with Crippen molar-refractivity contribution in [3.8, 4) is 0 Å². The molecule has 0 aliphatic carbocycles. The lowest BCUT2D eigenvalue weighted by atomic mass is 10.3. The summed E-state index contributed by atoms with van der Waals surface area (Å²) in [5.74, 6) is -1.06. The molecular weight excluding hydrogens is 323 g/mol. The summed E-state index contributed by atoms with van der Waals surface area (Å²) in [5, 5.41) is 11.9. The second kappa shape index (κ2) is 6.06. The fourth-order valence-corrected chi connectivity index (χ4v) is 1.62. The lowest BCUT2D eigenvalue weighted by Crippen LogP contribution is -2.42. The second-order valence-electron chi connectivity index (χ2n) is 3.68. The van der Waals surface area contributed by atoms with E-state index in [-0.39, 0.29) is 0 Å². The Labute approximate surface area is 118 Å². The Morgan fingerprint density at radius 1 is 1.50 bits per heavy atom. The summed E-state index contributed by atoms with van der Waals surface area (Å²) in [6.07, 6.45) is 0. The van der Waals surface area contributed by atoms with Gasteiger partial charge in [-0.05, 0) is 41.1 Å². The third kappa shape index (κ3) is 3.61. The van der Waals surface area contributed by atoms with Crippen molar-refractivity contribution in [3.63, 3.8) is 0 Å². The molecule has 0 aliphatic rings. The van der Waals surface area contributed by atoms with Gasteiger partial charge in [0, 0.05) is 17.2 Å². The Morgan fingerprint density at radius 3 is 2.61 bits per heavy atom. The number of carbonyl (C=O) groups is 2. The van der Waals surface area contributed by atoms with Gasteiger partial charge in [0.05, 0.1) is 5.02 Å². The van der Waals surface area contributed by atoms with E-state index in [4.69, 9.17) is 16.7 Å². The summed E-state index contributed by atoms with van der Waals surface area (Å²) < 4.78 is 0.649. The molecule has 5 nitrogen and oxygen atoms in total. The van der Waals surface area contributed by atoms with E-state index in [9.17, 15) is 9.59 Å². The van der Waals surface area contributed by atoms with Crippen molar-refractivity contribution in [1.82, 2.24) is 4.90 Å². The van der Waals surface area contributed by atoms with Crippen LogP contribution >= 0.6 is 27.5 Å². The smallest absolute Gasteiger partial charge is 0.326 e. The van der Waals surface area contributed by atoms with E-state index in [0.717, 1.165) is 4.90 Å². The Kier molecular flexibility index (Phi) is 4.98. The maximum atomic E-state index is 11.8. The SMILES string of the molecule is CC(C(=O)O)N(C)C(=O)Nc1ccc(Cl)c(Br)c1. The number of carbonyl (C=O) groups excluding carboxylic acids is 1. The highest BCUT2D eigenvalue weighted by Gasteiger charge is 2.21. The van der Waals surface area contributed by atoms with Crippen LogP contribution < -0.4 is 5.32 Å². The zero-order valence-corrected chi connectivity index (χ0v) is 12.1. The summed E-state index contributed by atoms with van der Waals surface area (Å²) in [7, 11) is 1.42. The Balaban J connectivity index is 2.75. The predicted octanol–water partition coefficient (Wildman–Crippen LogP) is 3.04. The van der Waals surface area contributed by atoms with E-state index in [1.807, 2.05) is 0 Å². The van der Waals surface area contributed by atoms with E-state index < -0.39 is 18.0 Å². The number of aliphatic carboxylic acids is 1. The molecule has 7 heteroatoms. The molecule has 0 saturated carbocycles. The molecular formula is C11H12BrClN2O3. The molecule has 0 radical (unpaired) electrons. The maximum absolute atomic E-state index is 11.8. The van der Waals surface area contributed by atoms with E-state index in [2.05, 4.69) is 21.2 Å². The molecule has 2 amide bonds. The van der Waals surface area contributed by atoms with Crippen LogP contribution in [0.2, 0.25) is 5.02 Å². The van der Waals surface area contributed by atoms with Crippen LogP contribution in [0.15, 0.2) is 22.7 Å². The fraction of sp³-hybridized carbons (Fsp3) is 0.273. The van der Waals surface area contributed by atoms with Gasteiger partial charge in [0.25, 0.3) is 0 Å². The number of likely N-dealkylation sites (N-methyl/N-ethyl adjacent to an activating group) is 1. The van der Waals surface area contributed by atoms with E-state index >= 15 is 0 Å². The maximum Gasteiger partial charge on any atom is 0.326 e. The van der Waals surface area contributed by atoms with Crippen LogP contribution in [-0.2, 0) is 4.79 Å². The van der Waals surface area contributed by atoms with Crippen LogP contribution in [0.4, 0.5) is 10.5 Å². The highest BCUT2D eigenvalue weighted by Crippen LogP contribution is 2.25. The van der Waals surface area contributed by atoms with E-state index in [1.54, 1.807) is 18.2 Å². The standard InChI is InChI=1S/C11H12BrClN2O3/c1-6(10(16)17)15(2)11(18)14-7-3-4-9(13)8(12)5-7/h3-6H,1-2H3,(H,14,18)(H,16,17). The molecule has 0 fully saturated rings. The first-order chi connectivity index (χ1) is 8.32. The molecule has 1 aromatic rings. The highest BCUT2D eigenvalue weighted by atomic mass is 79.9. The fourth-order valence-electron chi connectivity index (χ4n) is 1.13. The number of nitrogens with zero attached hydrogens (tertiary/aromatic N) is 1. The first-order valence-corrected chi connectivity index (χ1v) is 6.21. The topological polar surface area (TPSA) is 69.6 Å². The zero-order chi connectivity index (χ0) is 13.9. The summed E-state index contributed by atoms with van der Waals surface area (Å²) in [6, 6.07) is 3.49. The van der Waals surface area contributed by atoms with Crippen molar-refractivity contribution in [2.24, 2.45) is 0 Å². The third-order valence-corrected chi connectivity index (χ3v) is 3.64. The van der Waals surface area contributed by atoms with Crippen LogP contribution in [0.1, 0.15) is 6.92 Å². The third-order valence-electron chi connectivity index (χ3n) is 2.43. The summed E-state index contributed by atoms with van der Waals surface area (Å²) in [5.41, 5.74) is 0.528. The molecule has 1 aromatic carbocycles. The number of nitrogens with one attached hydrogen (secondary N) is 1. The van der Waals surface area contributed by atoms with Crippen molar-refractivity contribution >= 4 is 45.2 Å². The van der Waals surface area contributed by atoms with Crippen molar-refractivity contribution in [3.05, 3.63) is 27.7 Å². The molecule has 0 bridgehead atoms. The predicted molar refractivity (Wildman–Crippen MR) is 73.0 cm³/mol. The number of halogens is 2.